The van der Waals surface area contributed by atoms with Crippen LogP contribution in [0.15, 0.2) is 12.3 Å². The Labute approximate surface area is 111 Å². The van der Waals surface area contributed by atoms with Crippen molar-refractivity contribution >= 4 is 22.0 Å². The first-order chi connectivity index (χ1) is 8.88. The van der Waals surface area contributed by atoms with Gasteiger partial charge in [0.2, 0.25) is 0 Å². The molecule has 2 rings (SSSR count). The van der Waals surface area contributed by atoms with E-state index in [2.05, 4.69) is 9.82 Å². The van der Waals surface area contributed by atoms with Gasteiger partial charge in [0.1, 0.15) is 0 Å². The Hall–Kier alpha value is -1.61. The normalized spacial score (nSPS) is 21.2. The predicted molar refractivity (Wildman–Crippen MR) is 67.7 cm³/mol. The summed E-state index contributed by atoms with van der Waals surface area (Å²) in [6, 6.07) is 1.54. The van der Waals surface area contributed by atoms with Gasteiger partial charge in [-0.2, -0.15) is 17.8 Å². The molecule has 0 bridgehead atoms. The summed E-state index contributed by atoms with van der Waals surface area (Å²) in [5.74, 6) is -1.38. The Bertz CT molecular complexity index is 568. The first kappa shape index (κ1) is 13.8. The third kappa shape index (κ3) is 3.24. The zero-order valence-corrected chi connectivity index (χ0v) is 11.3. The number of anilines is 1. The van der Waals surface area contributed by atoms with Gasteiger partial charge >= 0.3 is 16.2 Å². The summed E-state index contributed by atoms with van der Waals surface area (Å²) in [4.78, 5) is 10.9. The molecule has 0 aliphatic carbocycles. The van der Waals surface area contributed by atoms with Gasteiger partial charge in [0.25, 0.3) is 0 Å². The van der Waals surface area contributed by atoms with Crippen LogP contribution < -0.4 is 4.72 Å². The number of rotatable bonds is 4. The van der Waals surface area contributed by atoms with E-state index in [1.807, 2.05) is 0 Å². The third-order valence-electron chi connectivity index (χ3n) is 3.02. The van der Waals surface area contributed by atoms with Crippen molar-refractivity contribution in [2.24, 2.45) is 13.0 Å². The van der Waals surface area contributed by atoms with E-state index in [0.29, 0.717) is 19.4 Å². The van der Waals surface area contributed by atoms with Gasteiger partial charge in [-0.15, -0.1) is 0 Å². The minimum Gasteiger partial charge on any atom is -0.481 e. The highest BCUT2D eigenvalue weighted by Gasteiger charge is 2.32. The first-order valence-electron chi connectivity index (χ1n) is 5.89. The molecule has 19 heavy (non-hydrogen) atoms. The Morgan fingerprint density at radius 2 is 2.32 bits per heavy atom. The summed E-state index contributed by atoms with van der Waals surface area (Å²) in [6.07, 6.45) is 2.67. The smallest absolute Gasteiger partial charge is 0.307 e. The highest BCUT2D eigenvalue weighted by Crippen LogP contribution is 2.20. The Morgan fingerprint density at radius 3 is 2.89 bits per heavy atom. The molecule has 9 heteroatoms. The van der Waals surface area contributed by atoms with E-state index in [-0.39, 0.29) is 12.4 Å². The van der Waals surface area contributed by atoms with Crippen molar-refractivity contribution in [1.29, 1.82) is 0 Å². The standard InChI is InChI=1S/C10H16N4O4S/c1-13-6-4-9(11-13)12-19(17,18)14-5-2-3-8(7-14)10(15)16/h4,6,8H,2-3,5,7H2,1H3,(H,11,12)(H,15,16). The third-order valence-corrected chi connectivity index (χ3v) is 4.50. The van der Waals surface area contributed by atoms with Crippen LogP contribution in [0.4, 0.5) is 5.82 Å². The molecule has 1 aliphatic heterocycles. The van der Waals surface area contributed by atoms with Gasteiger partial charge in [-0.1, -0.05) is 0 Å². The van der Waals surface area contributed by atoms with Gasteiger partial charge in [0.05, 0.1) is 5.92 Å². The SMILES string of the molecule is Cn1ccc(NS(=O)(=O)N2CCCC(C(=O)O)C2)n1. The zero-order valence-electron chi connectivity index (χ0n) is 10.5. The fraction of sp³-hybridized carbons (Fsp3) is 0.600. The minimum atomic E-state index is -3.75. The molecule has 2 N–H and O–H groups in total. The van der Waals surface area contributed by atoms with E-state index in [4.69, 9.17) is 5.11 Å². The molecule has 2 heterocycles. The number of carboxylic acid groups (broad SMARTS) is 1. The lowest BCUT2D eigenvalue weighted by Gasteiger charge is -2.29. The van der Waals surface area contributed by atoms with Crippen LogP contribution in [0.25, 0.3) is 0 Å². The maximum Gasteiger partial charge on any atom is 0.307 e. The number of nitrogens with zero attached hydrogens (tertiary/aromatic N) is 3. The summed E-state index contributed by atoms with van der Waals surface area (Å²) in [5, 5.41) is 12.9. The monoisotopic (exact) mass is 288 g/mol. The molecular formula is C10H16N4O4S. The number of aliphatic carboxylic acids is 1. The summed E-state index contributed by atoms with van der Waals surface area (Å²) < 4.78 is 29.2. The predicted octanol–water partition coefficient (Wildman–Crippen LogP) is -0.127. The van der Waals surface area contributed by atoms with E-state index in [1.165, 1.54) is 10.7 Å². The van der Waals surface area contributed by atoms with Crippen LogP contribution in [0, 0.1) is 5.92 Å². The van der Waals surface area contributed by atoms with Crippen LogP contribution in [0.2, 0.25) is 0 Å². The van der Waals surface area contributed by atoms with E-state index in [1.54, 1.807) is 13.2 Å². The van der Waals surface area contributed by atoms with E-state index in [9.17, 15) is 13.2 Å². The Balaban J connectivity index is 2.08. The van der Waals surface area contributed by atoms with Crippen LogP contribution in [-0.2, 0) is 22.1 Å². The fourth-order valence-electron chi connectivity index (χ4n) is 2.03. The second-order valence-electron chi connectivity index (χ2n) is 4.52. The second kappa shape index (κ2) is 5.17. The lowest BCUT2D eigenvalue weighted by molar-refractivity contribution is -0.142. The van der Waals surface area contributed by atoms with Crippen LogP contribution in [-0.4, -0.2) is 46.7 Å². The van der Waals surface area contributed by atoms with Crippen molar-refractivity contribution in [2.45, 2.75) is 12.8 Å². The number of carboxylic acids is 1. The second-order valence-corrected chi connectivity index (χ2v) is 6.19. The number of carbonyl (C=O) groups is 1. The summed E-state index contributed by atoms with van der Waals surface area (Å²) in [7, 11) is -2.07. The van der Waals surface area contributed by atoms with Crippen molar-refractivity contribution in [1.82, 2.24) is 14.1 Å². The van der Waals surface area contributed by atoms with Crippen LogP contribution in [0.5, 0.6) is 0 Å². The minimum absolute atomic E-state index is 0.00248. The van der Waals surface area contributed by atoms with Gasteiger partial charge in [-0.25, -0.2) is 0 Å². The fourth-order valence-corrected chi connectivity index (χ4v) is 3.28. The van der Waals surface area contributed by atoms with Crippen LogP contribution >= 0.6 is 0 Å². The molecule has 1 saturated heterocycles. The average molecular weight is 288 g/mol. The van der Waals surface area contributed by atoms with Gasteiger partial charge in [0.15, 0.2) is 5.82 Å². The van der Waals surface area contributed by atoms with Crippen molar-refractivity contribution < 1.29 is 18.3 Å². The van der Waals surface area contributed by atoms with Crippen molar-refractivity contribution in [2.75, 3.05) is 17.8 Å². The molecule has 1 fully saturated rings. The molecule has 0 saturated carbocycles. The van der Waals surface area contributed by atoms with Gasteiger partial charge in [-0.05, 0) is 12.8 Å². The number of aromatic nitrogens is 2. The lowest BCUT2D eigenvalue weighted by Crippen LogP contribution is -2.44. The first-order valence-corrected chi connectivity index (χ1v) is 7.33. The Morgan fingerprint density at radius 1 is 1.58 bits per heavy atom. The summed E-state index contributed by atoms with van der Waals surface area (Å²) in [5.41, 5.74) is 0. The number of nitrogens with one attached hydrogen (secondary N) is 1. The van der Waals surface area contributed by atoms with Gasteiger partial charge < -0.3 is 5.11 Å². The number of hydrogen-bond donors (Lipinski definition) is 2. The average Bonchev–Trinajstić information content (AvgIpc) is 2.74. The molecule has 1 aromatic heterocycles. The highest BCUT2D eigenvalue weighted by molar-refractivity contribution is 7.90. The molecule has 1 unspecified atom stereocenters. The highest BCUT2D eigenvalue weighted by atomic mass is 32.2. The molecule has 1 aliphatic rings. The van der Waals surface area contributed by atoms with E-state index >= 15 is 0 Å². The molecule has 0 radical (unpaired) electrons. The van der Waals surface area contributed by atoms with Gasteiger partial charge in [0, 0.05) is 32.4 Å². The van der Waals surface area contributed by atoms with E-state index < -0.39 is 22.1 Å². The lowest BCUT2D eigenvalue weighted by atomic mass is 10.0. The molecule has 106 valence electrons. The summed E-state index contributed by atoms with van der Waals surface area (Å²) in [6.45, 7) is 0.323. The molecule has 0 amide bonds. The van der Waals surface area contributed by atoms with Crippen LogP contribution in [0.1, 0.15) is 12.8 Å². The van der Waals surface area contributed by atoms with Crippen molar-refractivity contribution in [3.63, 3.8) is 0 Å². The molecule has 0 aromatic carbocycles. The molecule has 1 atom stereocenters. The number of piperidine rings is 1. The molecule has 8 nitrogen and oxygen atoms in total. The topological polar surface area (TPSA) is 105 Å². The van der Waals surface area contributed by atoms with Gasteiger partial charge in [-0.3, -0.25) is 14.2 Å². The number of aryl methyl sites for hydroxylation is 1. The maximum atomic E-state index is 12.1. The summed E-state index contributed by atoms with van der Waals surface area (Å²) >= 11 is 0. The van der Waals surface area contributed by atoms with Crippen molar-refractivity contribution in [3.8, 4) is 0 Å². The van der Waals surface area contributed by atoms with E-state index in [0.717, 1.165) is 4.31 Å². The molecular weight excluding hydrogens is 272 g/mol. The zero-order chi connectivity index (χ0) is 14.0. The maximum absolute atomic E-state index is 12.1. The largest absolute Gasteiger partial charge is 0.481 e. The molecule has 1 aromatic rings. The van der Waals surface area contributed by atoms with Crippen LogP contribution in [0.3, 0.4) is 0 Å². The quantitative estimate of drug-likeness (QED) is 0.803. The van der Waals surface area contributed by atoms with Crippen molar-refractivity contribution in [3.05, 3.63) is 12.3 Å². The Kier molecular flexibility index (Phi) is 3.76. The number of hydrogen-bond acceptors (Lipinski definition) is 4. The molecule has 0 spiro atoms.